The SMILES string of the molecule is Cc1ccc(-n2cncc2I)cc1. The number of rotatable bonds is 1. The van der Waals surface area contributed by atoms with Crippen LogP contribution >= 0.6 is 22.6 Å². The highest BCUT2D eigenvalue weighted by molar-refractivity contribution is 14.1. The Morgan fingerprint density at radius 3 is 2.46 bits per heavy atom. The average Bonchev–Trinajstić information content (AvgIpc) is 2.53. The lowest BCUT2D eigenvalue weighted by atomic mass is 10.2. The van der Waals surface area contributed by atoms with Gasteiger partial charge in [-0.1, -0.05) is 17.7 Å². The highest BCUT2D eigenvalue weighted by Gasteiger charge is 1.99. The van der Waals surface area contributed by atoms with Gasteiger partial charge in [-0.25, -0.2) is 4.98 Å². The quantitative estimate of drug-likeness (QED) is 0.736. The molecule has 0 aliphatic heterocycles. The molecule has 2 rings (SSSR count). The molecule has 66 valence electrons. The van der Waals surface area contributed by atoms with Crippen LogP contribution in [-0.4, -0.2) is 9.55 Å². The van der Waals surface area contributed by atoms with Crippen molar-refractivity contribution >= 4 is 22.6 Å². The third kappa shape index (κ3) is 1.75. The van der Waals surface area contributed by atoms with Gasteiger partial charge in [-0.2, -0.15) is 0 Å². The summed E-state index contributed by atoms with van der Waals surface area (Å²) in [5.74, 6) is 0. The number of imidazole rings is 1. The van der Waals surface area contributed by atoms with E-state index in [1.807, 2.05) is 12.5 Å². The lowest BCUT2D eigenvalue weighted by molar-refractivity contribution is 1.03. The van der Waals surface area contributed by atoms with Crippen molar-refractivity contribution in [3.63, 3.8) is 0 Å². The Labute approximate surface area is 90.8 Å². The molecule has 0 saturated heterocycles. The van der Waals surface area contributed by atoms with Gasteiger partial charge in [0.1, 0.15) is 10.0 Å². The van der Waals surface area contributed by atoms with Crippen LogP contribution in [0.2, 0.25) is 0 Å². The maximum atomic E-state index is 4.08. The highest BCUT2D eigenvalue weighted by atomic mass is 127. The second-order valence-electron chi connectivity index (χ2n) is 2.92. The molecule has 3 heteroatoms. The summed E-state index contributed by atoms with van der Waals surface area (Å²) in [4.78, 5) is 4.08. The number of aryl methyl sites for hydroxylation is 1. The number of benzene rings is 1. The number of halogens is 1. The van der Waals surface area contributed by atoms with Crippen molar-refractivity contribution in [1.29, 1.82) is 0 Å². The molecule has 0 unspecified atom stereocenters. The van der Waals surface area contributed by atoms with E-state index in [2.05, 4.69) is 63.3 Å². The summed E-state index contributed by atoms with van der Waals surface area (Å²) in [6.45, 7) is 2.09. The molecule has 1 heterocycles. The second kappa shape index (κ2) is 3.49. The van der Waals surface area contributed by atoms with E-state index in [0.717, 1.165) is 9.39 Å². The maximum absolute atomic E-state index is 4.08. The van der Waals surface area contributed by atoms with Crippen molar-refractivity contribution in [2.24, 2.45) is 0 Å². The topological polar surface area (TPSA) is 17.8 Å². The van der Waals surface area contributed by atoms with Gasteiger partial charge in [0.05, 0.1) is 6.20 Å². The molecule has 0 amide bonds. The molecule has 2 aromatic rings. The zero-order valence-electron chi connectivity index (χ0n) is 7.24. The van der Waals surface area contributed by atoms with Crippen molar-refractivity contribution in [2.45, 2.75) is 6.92 Å². The zero-order chi connectivity index (χ0) is 9.26. The molecule has 0 fully saturated rings. The van der Waals surface area contributed by atoms with E-state index in [0.29, 0.717) is 0 Å². The van der Waals surface area contributed by atoms with Crippen molar-refractivity contribution in [3.8, 4) is 5.69 Å². The van der Waals surface area contributed by atoms with Crippen LogP contribution in [-0.2, 0) is 0 Å². The fourth-order valence-corrected chi connectivity index (χ4v) is 1.74. The summed E-state index contributed by atoms with van der Waals surface area (Å²) in [5, 5.41) is 0. The summed E-state index contributed by atoms with van der Waals surface area (Å²) in [6.07, 6.45) is 3.67. The average molecular weight is 284 g/mol. The van der Waals surface area contributed by atoms with Crippen LogP contribution in [0.25, 0.3) is 5.69 Å². The molecule has 0 aliphatic rings. The van der Waals surface area contributed by atoms with Crippen molar-refractivity contribution < 1.29 is 0 Å². The van der Waals surface area contributed by atoms with E-state index in [-0.39, 0.29) is 0 Å². The minimum absolute atomic E-state index is 1.13. The third-order valence-corrected chi connectivity index (χ3v) is 2.70. The Morgan fingerprint density at radius 1 is 1.23 bits per heavy atom. The van der Waals surface area contributed by atoms with Crippen LogP contribution in [0.15, 0.2) is 36.8 Å². The van der Waals surface area contributed by atoms with Crippen LogP contribution < -0.4 is 0 Å². The minimum Gasteiger partial charge on any atom is -0.294 e. The molecular formula is C10H9IN2. The Bertz CT molecular complexity index is 403. The molecule has 1 aromatic carbocycles. The summed E-state index contributed by atoms with van der Waals surface area (Å²) in [5.41, 5.74) is 2.44. The molecule has 0 bridgehead atoms. The van der Waals surface area contributed by atoms with Crippen LogP contribution in [0.3, 0.4) is 0 Å². The molecule has 0 spiro atoms. The molecule has 0 N–H and O–H groups in total. The smallest absolute Gasteiger partial charge is 0.104 e. The van der Waals surface area contributed by atoms with Crippen molar-refractivity contribution in [1.82, 2.24) is 9.55 Å². The third-order valence-electron chi connectivity index (χ3n) is 1.91. The van der Waals surface area contributed by atoms with Gasteiger partial charge in [0, 0.05) is 5.69 Å². The fourth-order valence-electron chi connectivity index (χ4n) is 1.17. The molecule has 13 heavy (non-hydrogen) atoms. The molecule has 0 aliphatic carbocycles. The summed E-state index contributed by atoms with van der Waals surface area (Å²) in [7, 11) is 0. The van der Waals surface area contributed by atoms with E-state index in [1.54, 1.807) is 0 Å². The molecular weight excluding hydrogens is 275 g/mol. The van der Waals surface area contributed by atoms with Gasteiger partial charge < -0.3 is 0 Å². The zero-order valence-corrected chi connectivity index (χ0v) is 9.39. The van der Waals surface area contributed by atoms with E-state index in [1.165, 1.54) is 5.56 Å². The van der Waals surface area contributed by atoms with Crippen LogP contribution in [0.4, 0.5) is 0 Å². The molecule has 0 radical (unpaired) electrons. The van der Waals surface area contributed by atoms with Gasteiger partial charge in [0.25, 0.3) is 0 Å². The normalized spacial score (nSPS) is 10.3. The molecule has 2 nitrogen and oxygen atoms in total. The second-order valence-corrected chi connectivity index (χ2v) is 4.03. The van der Waals surface area contributed by atoms with Gasteiger partial charge in [-0.15, -0.1) is 0 Å². The number of hydrogen-bond donors (Lipinski definition) is 0. The number of aromatic nitrogens is 2. The Morgan fingerprint density at radius 2 is 1.92 bits per heavy atom. The van der Waals surface area contributed by atoms with Gasteiger partial charge in [-0.05, 0) is 41.6 Å². The van der Waals surface area contributed by atoms with E-state index < -0.39 is 0 Å². The molecule has 1 aromatic heterocycles. The standard InChI is InChI=1S/C10H9IN2/c1-8-2-4-9(5-3-8)13-7-12-6-10(13)11/h2-7H,1H3. The lowest BCUT2D eigenvalue weighted by Crippen LogP contribution is -1.93. The van der Waals surface area contributed by atoms with Gasteiger partial charge in [0.15, 0.2) is 0 Å². The molecule has 0 atom stereocenters. The first kappa shape index (κ1) is 8.74. The number of hydrogen-bond acceptors (Lipinski definition) is 1. The Kier molecular flexibility index (Phi) is 2.35. The van der Waals surface area contributed by atoms with E-state index >= 15 is 0 Å². The van der Waals surface area contributed by atoms with E-state index in [4.69, 9.17) is 0 Å². The summed E-state index contributed by atoms with van der Waals surface area (Å²) < 4.78 is 3.18. The lowest BCUT2D eigenvalue weighted by Gasteiger charge is -2.03. The number of nitrogens with zero attached hydrogens (tertiary/aromatic N) is 2. The van der Waals surface area contributed by atoms with Gasteiger partial charge >= 0.3 is 0 Å². The monoisotopic (exact) mass is 284 g/mol. The first-order chi connectivity index (χ1) is 6.27. The van der Waals surface area contributed by atoms with Crippen LogP contribution in [0.5, 0.6) is 0 Å². The Hall–Kier alpha value is -0.840. The highest BCUT2D eigenvalue weighted by Crippen LogP contribution is 2.13. The predicted octanol–water partition coefficient (Wildman–Crippen LogP) is 2.79. The van der Waals surface area contributed by atoms with Gasteiger partial charge in [-0.3, -0.25) is 4.57 Å². The fraction of sp³-hybridized carbons (Fsp3) is 0.100. The first-order valence-electron chi connectivity index (χ1n) is 4.02. The van der Waals surface area contributed by atoms with Crippen molar-refractivity contribution in [3.05, 3.63) is 46.1 Å². The van der Waals surface area contributed by atoms with Crippen molar-refractivity contribution in [2.75, 3.05) is 0 Å². The molecule has 0 saturated carbocycles. The Balaban J connectivity index is 2.47. The van der Waals surface area contributed by atoms with Gasteiger partial charge in [0.2, 0.25) is 0 Å². The largest absolute Gasteiger partial charge is 0.294 e. The summed E-state index contributed by atoms with van der Waals surface area (Å²) in [6, 6.07) is 8.40. The summed E-state index contributed by atoms with van der Waals surface area (Å²) >= 11 is 2.27. The predicted molar refractivity (Wildman–Crippen MR) is 61.0 cm³/mol. The van der Waals surface area contributed by atoms with E-state index in [9.17, 15) is 0 Å². The minimum atomic E-state index is 1.13. The van der Waals surface area contributed by atoms with Crippen LogP contribution in [0.1, 0.15) is 5.56 Å². The first-order valence-corrected chi connectivity index (χ1v) is 5.10. The van der Waals surface area contributed by atoms with Crippen LogP contribution in [0, 0.1) is 10.6 Å². The maximum Gasteiger partial charge on any atom is 0.104 e.